The molecule has 0 unspecified atom stereocenters. The molecule has 0 saturated heterocycles. The van der Waals surface area contributed by atoms with E-state index in [0.29, 0.717) is 19.8 Å². The molecule has 0 rings (SSSR count). The molecule has 0 bridgehead atoms. The average Bonchev–Trinajstić information content (AvgIpc) is 2.16. The van der Waals surface area contributed by atoms with Crippen molar-refractivity contribution in [2.45, 2.75) is 12.8 Å². The number of rotatable bonds is 10. The normalized spacial score (nSPS) is 10.6. The van der Waals surface area contributed by atoms with Crippen LogP contribution in [0.25, 0.3) is 0 Å². The average molecular weight is 190 g/mol. The fraction of sp³-hybridized carbons (Fsp3) is 1.00. The van der Waals surface area contributed by atoms with Crippen LogP contribution in [-0.2, 0) is 9.47 Å². The Morgan fingerprint density at radius 2 is 1.62 bits per heavy atom. The summed E-state index contributed by atoms with van der Waals surface area (Å²) in [5.41, 5.74) is 5.31. The molecule has 0 amide bonds. The summed E-state index contributed by atoms with van der Waals surface area (Å²) in [7, 11) is 1.94. The van der Waals surface area contributed by atoms with Crippen molar-refractivity contribution >= 4 is 0 Å². The Bertz CT molecular complexity index is 81.7. The highest BCUT2D eigenvalue weighted by Gasteiger charge is 1.89. The Hall–Kier alpha value is -0.160. The topological polar surface area (TPSA) is 56.5 Å². The van der Waals surface area contributed by atoms with Crippen LogP contribution in [0.1, 0.15) is 12.8 Å². The van der Waals surface area contributed by atoms with Crippen LogP contribution in [0.15, 0.2) is 0 Å². The van der Waals surface area contributed by atoms with Crippen molar-refractivity contribution in [3.05, 3.63) is 0 Å². The van der Waals surface area contributed by atoms with E-state index in [0.717, 1.165) is 32.6 Å². The zero-order valence-electron chi connectivity index (χ0n) is 8.55. The fourth-order valence-electron chi connectivity index (χ4n) is 0.858. The van der Waals surface area contributed by atoms with Crippen LogP contribution < -0.4 is 11.1 Å². The predicted molar refractivity (Wildman–Crippen MR) is 53.9 cm³/mol. The fourth-order valence-corrected chi connectivity index (χ4v) is 0.858. The highest BCUT2D eigenvalue weighted by atomic mass is 16.5. The summed E-state index contributed by atoms with van der Waals surface area (Å²) in [6, 6.07) is 0. The van der Waals surface area contributed by atoms with Crippen LogP contribution in [0, 0.1) is 0 Å². The van der Waals surface area contributed by atoms with Gasteiger partial charge in [0, 0.05) is 13.2 Å². The lowest BCUT2D eigenvalue weighted by molar-refractivity contribution is 0.0468. The smallest absolute Gasteiger partial charge is 0.0700 e. The van der Waals surface area contributed by atoms with Gasteiger partial charge in [0.25, 0.3) is 0 Å². The maximum atomic E-state index is 5.32. The standard InChI is InChI=1S/C9H22N2O2/c1-11-5-3-7-13-9-8-12-6-2-4-10/h11H,2-10H2,1H3. The van der Waals surface area contributed by atoms with Crippen molar-refractivity contribution in [3.63, 3.8) is 0 Å². The minimum absolute atomic E-state index is 0.680. The molecule has 0 aromatic carbocycles. The van der Waals surface area contributed by atoms with Gasteiger partial charge in [0.05, 0.1) is 13.2 Å². The second-order valence-corrected chi connectivity index (χ2v) is 2.82. The van der Waals surface area contributed by atoms with Crippen molar-refractivity contribution in [1.29, 1.82) is 0 Å². The summed E-state index contributed by atoms with van der Waals surface area (Å²) >= 11 is 0. The van der Waals surface area contributed by atoms with Crippen LogP contribution >= 0.6 is 0 Å². The molecule has 0 aliphatic rings. The summed E-state index contributed by atoms with van der Waals surface area (Å²) in [5.74, 6) is 0. The molecule has 0 aliphatic carbocycles. The molecule has 13 heavy (non-hydrogen) atoms. The minimum atomic E-state index is 0.680. The molecular formula is C9H22N2O2. The number of nitrogens with two attached hydrogens (primary N) is 1. The van der Waals surface area contributed by atoms with Crippen LogP contribution in [0.4, 0.5) is 0 Å². The van der Waals surface area contributed by atoms with Gasteiger partial charge in [-0.2, -0.15) is 0 Å². The summed E-state index contributed by atoms with van der Waals surface area (Å²) in [5, 5.41) is 3.06. The van der Waals surface area contributed by atoms with E-state index in [1.807, 2.05) is 7.05 Å². The van der Waals surface area contributed by atoms with Gasteiger partial charge in [-0.1, -0.05) is 0 Å². The monoisotopic (exact) mass is 190 g/mol. The van der Waals surface area contributed by atoms with Crippen molar-refractivity contribution in [1.82, 2.24) is 5.32 Å². The zero-order chi connectivity index (χ0) is 9.78. The first-order valence-electron chi connectivity index (χ1n) is 4.92. The van der Waals surface area contributed by atoms with Gasteiger partial charge >= 0.3 is 0 Å². The molecule has 0 fully saturated rings. The van der Waals surface area contributed by atoms with Crippen LogP contribution in [-0.4, -0.2) is 46.6 Å². The maximum absolute atomic E-state index is 5.32. The van der Waals surface area contributed by atoms with E-state index in [4.69, 9.17) is 15.2 Å². The van der Waals surface area contributed by atoms with Gasteiger partial charge in [-0.05, 0) is 33.0 Å². The quantitative estimate of drug-likeness (QED) is 0.475. The Kier molecular flexibility index (Phi) is 11.7. The van der Waals surface area contributed by atoms with E-state index in [1.54, 1.807) is 0 Å². The molecule has 4 nitrogen and oxygen atoms in total. The van der Waals surface area contributed by atoms with E-state index in [9.17, 15) is 0 Å². The predicted octanol–water partition coefficient (Wildman–Crippen LogP) is -0.0221. The van der Waals surface area contributed by atoms with Crippen LogP contribution in [0.2, 0.25) is 0 Å². The molecular weight excluding hydrogens is 168 g/mol. The molecule has 0 saturated carbocycles. The van der Waals surface area contributed by atoms with Crippen molar-refractivity contribution in [2.24, 2.45) is 5.73 Å². The molecule has 0 atom stereocenters. The first-order chi connectivity index (χ1) is 6.41. The van der Waals surface area contributed by atoms with Gasteiger partial charge in [-0.3, -0.25) is 0 Å². The maximum Gasteiger partial charge on any atom is 0.0700 e. The van der Waals surface area contributed by atoms with Crippen molar-refractivity contribution in [3.8, 4) is 0 Å². The third-order valence-electron chi connectivity index (χ3n) is 1.58. The molecule has 0 spiro atoms. The summed E-state index contributed by atoms with van der Waals surface area (Å²) in [6.07, 6.45) is 1.99. The van der Waals surface area contributed by atoms with Gasteiger partial charge in [0.1, 0.15) is 0 Å². The van der Waals surface area contributed by atoms with E-state index in [-0.39, 0.29) is 0 Å². The Labute approximate surface area is 80.8 Å². The highest BCUT2D eigenvalue weighted by Crippen LogP contribution is 1.83. The molecule has 3 N–H and O–H groups in total. The van der Waals surface area contributed by atoms with Crippen molar-refractivity contribution < 1.29 is 9.47 Å². The molecule has 0 radical (unpaired) electrons. The van der Waals surface area contributed by atoms with E-state index < -0.39 is 0 Å². The first kappa shape index (κ1) is 12.8. The van der Waals surface area contributed by atoms with E-state index in [1.165, 1.54) is 0 Å². The Balaban J connectivity index is 2.76. The third kappa shape index (κ3) is 11.8. The number of nitrogens with one attached hydrogen (secondary N) is 1. The van der Waals surface area contributed by atoms with E-state index >= 15 is 0 Å². The van der Waals surface area contributed by atoms with Gasteiger partial charge < -0.3 is 20.5 Å². The Morgan fingerprint density at radius 1 is 1.00 bits per heavy atom. The second kappa shape index (κ2) is 11.8. The Morgan fingerprint density at radius 3 is 2.15 bits per heavy atom. The van der Waals surface area contributed by atoms with E-state index in [2.05, 4.69) is 5.32 Å². The summed E-state index contributed by atoms with van der Waals surface area (Å²) in [6.45, 7) is 4.63. The van der Waals surface area contributed by atoms with Gasteiger partial charge in [-0.15, -0.1) is 0 Å². The minimum Gasteiger partial charge on any atom is -0.379 e. The number of hydrogen-bond acceptors (Lipinski definition) is 4. The lowest BCUT2D eigenvalue weighted by atomic mass is 10.4. The molecule has 0 aromatic rings. The molecule has 0 heterocycles. The number of hydrogen-bond donors (Lipinski definition) is 2. The molecule has 0 aliphatic heterocycles. The largest absolute Gasteiger partial charge is 0.379 e. The van der Waals surface area contributed by atoms with Crippen molar-refractivity contribution in [2.75, 3.05) is 46.6 Å². The van der Waals surface area contributed by atoms with Gasteiger partial charge in [0.2, 0.25) is 0 Å². The van der Waals surface area contributed by atoms with Crippen LogP contribution in [0.3, 0.4) is 0 Å². The molecule has 80 valence electrons. The number of ether oxygens (including phenoxy) is 2. The second-order valence-electron chi connectivity index (χ2n) is 2.82. The highest BCUT2D eigenvalue weighted by molar-refractivity contribution is 4.40. The van der Waals surface area contributed by atoms with Gasteiger partial charge in [0.15, 0.2) is 0 Å². The molecule has 0 aromatic heterocycles. The summed E-state index contributed by atoms with van der Waals surface area (Å²) in [4.78, 5) is 0. The molecule has 4 heteroatoms. The third-order valence-corrected chi connectivity index (χ3v) is 1.58. The zero-order valence-corrected chi connectivity index (χ0v) is 8.55. The summed E-state index contributed by atoms with van der Waals surface area (Å²) < 4.78 is 10.6. The SMILES string of the molecule is CNCCCOCCOCCCN. The lowest BCUT2D eigenvalue weighted by Gasteiger charge is -2.04. The van der Waals surface area contributed by atoms with Crippen LogP contribution in [0.5, 0.6) is 0 Å². The van der Waals surface area contributed by atoms with Gasteiger partial charge in [-0.25, -0.2) is 0 Å². The lowest BCUT2D eigenvalue weighted by Crippen LogP contribution is -2.12. The first-order valence-corrected chi connectivity index (χ1v) is 4.92.